The summed E-state index contributed by atoms with van der Waals surface area (Å²) in [5.41, 5.74) is 1.95. The van der Waals surface area contributed by atoms with Gasteiger partial charge in [-0.2, -0.15) is 0 Å². The molecule has 2 aromatic rings. The third-order valence-corrected chi connectivity index (χ3v) is 3.57. The van der Waals surface area contributed by atoms with Gasteiger partial charge < -0.3 is 19.4 Å². The number of hydrogen-bond donors (Lipinski definition) is 1. The molecule has 0 heterocycles. The van der Waals surface area contributed by atoms with Gasteiger partial charge in [0, 0.05) is 11.6 Å². The molecule has 128 valence electrons. The molecule has 24 heavy (non-hydrogen) atoms. The van der Waals surface area contributed by atoms with Crippen LogP contribution >= 0.6 is 0 Å². The first-order chi connectivity index (χ1) is 11.6. The fraction of sp³-hybridized carbons (Fsp3) is 0.316. The Hall–Kier alpha value is -2.69. The molecule has 0 aromatic heterocycles. The van der Waals surface area contributed by atoms with Crippen molar-refractivity contribution >= 4 is 6.21 Å². The van der Waals surface area contributed by atoms with Gasteiger partial charge in [-0.1, -0.05) is 31.1 Å². The van der Waals surface area contributed by atoms with Gasteiger partial charge in [0.1, 0.15) is 30.5 Å². The normalized spacial score (nSPS) is 11.0. The second-order valence-electron chi connectivity index (χ2n) is 5.57. The molecule has 0 spiro atoms. The van der Waals surface area contributed by atoms with Crippen molar-refractivity contribution < 1.29 is 19.4 Å². The van der Waals surface area contributed by atoms with E-state index in [0.717, 1.165) is 5.75 Å². The lowest BCUT2D eigenvalue weighted by Crippen LogP contribution is -2.10. The van der Waals surface area contributed by atoms with Crippen molar-refractivity contribution in [3.05, 3.63) is 53.6 Å². The lowest BCUT2D eigenvalue weighted by molar-refractivity contribution is 0.216. The van der Waals surface area contributed by atoms with Gasteiger partial charge in [0.15, 0.2) is 0 Å². The van der Waals surface area contributed by atoms with E-state index in [2.05, 4.69) is 31.1 Å². The van der Waals surface area contributed by atoms with Crippen molar-refractivity contribution in [2.24, 2.45) is 5.16 Å². The van der Waals surface area contributed by atoms with Crippen LogP contribution in [0.25, 0.3) is 0 Å². The Labute approximate surface area is 142 Å². The van der Waals surface area contributed by atoms with E-state index in [-0.39, 0.29) is 0 Å². The highest BCUT2D eigenvalue weighted by atomic mass is 16.5. The molecule has 5 nitrogen and oxygen atoms in total. The molecule has 0 fully saturated rings. The van der Waals surface area contributed by atoms with Crippen LogP contribution in [0.15, 0.2) is 47.6 Å². The van der Waals surface area contributed by atoms with Gasteiger partial charge in [0.25, 0.3) is 0 Å². The lowest BCUT2D eigenvalue weighted by atomic mass is 10.0. The van der Waals surface area contributed by atoms with Crippen LogP contribution in [0.4, 0.5) is 0 Å². The molecule has 2 aromatic carbocycles. The summed E-state index contributed by atoms with van der Waals surface area (Å²) in [5.74, 6) is 2.56. The fourth-order valence-electron chi connectivity index (χ4n) is 2.20. The number of nitrogens with zero attached hydrogens (tertiary/aromatic N) is 1. The summed E-state index contributed by atoms with van der Waals surface area (Å²) >= 11 is 0. The van der Waals surface area contributed by atoms with E-state index in [1.165, 1.54) is 11.8 Å². The monoisotopic (exact) mass is 329 g/mol. The van der Waals surface area contributed by atoms with Crippen molar-refractivity contribution in [3.63, 3.8) is 0 Å². The Morgan fingerprint density at radius 3 is 2.29 bits per heavy atom. The standard InChI is InChI=1S/C19H23NO4/c1-14(2)15-4-7-17(8-5-15)23-10-11-24-19-12-18(22-3)9-6-16(19)13-20-21/h4-9,12-14,21H,10-11H2,1-3H3. The Kier molecular flexibility index (Phi) is 6.49. The summed E-state index contributed by atoms with van der Waals surface area (Å²) in [6.45, 7) is 5.09. The van der Waals surface area contributed by atoms with Crippen molar-refractivity contribution in [1.82, 2.24) is 0 Å². The second-order valence-corrected chi connectivity index (χ2v) is 5.57. The van der Waals surface area contributed by atoms with E-state index >= 15 is 0 Å². The maximum absolute atomic E-state index is 8.71. The van der Waals surface area contributed by atoms with Gasteiger partial charge in [-0.3, -0.25) is 0 Å². The molecule has 0 radical (unpaired) electrons. The molecular weight excluding hydrogens is 306 g/mol. The minimum Gasteiger partial charge on any atom is -0.497 e. The van der Waals surface area contributed by atoms with Crippen LogP contribution in [0.2, 0.25) is 0 Å². The van der Waals surface area contributed by atoms with Crippen LogP contribution in [0, 0.1) is 0 Å². The summed E-state index contributed by atoms with van der Waals surface area (Å²) in [6, 6.07) is 13.3. The predicted molar refractivity (Wildman–Crippen MR) is 93.9 cm³/mol. The molecule has 0 aliphatic rings. The number of methoxy groups -OCH3 is 1. The van der Waals surface area contributed by atoms with Gasteiger partial charge in [-0.05, 0) is 35.7 Å². The van der Waals surface area contributed by atoms with Crippen LogP contribution in [0.3, 0.4) is 0 Å². The number of ether oxygens (including phenoxy) is 3. The molecule has 0 saturated carbocycles. The second kappa shape index (κ2) is 8.82. The molecule has 5 heteroatoms. The Bertz CT molecular complexity index is 666. The number of benzene rings is 2. The highest BCUT2D eigenvalue weighted by Crippen LogP contribution is 2.24. The quantitative estimate of drug-likeness (QED) is 0.343. The smallest absolute Gasteiger partial charge is 0.132 e. The Morgan fingerprint density at radius 2 is 1.67 bits per heavy atom. The van der Waals surface area contributed by atoms with E-state index in [1.54, 1.807) is 25.3 Å². The van der Waals surface area contributed by atoms with Crippen molar-refractivity contribution in [1.29, 1.82) is 0 Å². The molecule has 0 aliphatic carbocycles. The molecule has 0 bridgehead atoms. The highest BCUT2D eigenvalue weighted by Gasteiger charge is 2.05. The van der Waals surface area contributed by atoms with Crippen LogP contribution in [-0.4, -0.2) is 31.7 Å². The Balaban J connectivity index is 1.89. The summed E-state index contributed by atoms with van der Waals surface area (Å²) in [5, 5.41) is 11.8. The SMILES string of the molecule is COc1ccc(C=NO)c(OCCOc2ccc(C(C)C)cc2)c1. The van der Waals surface area contributed by atoms with Gasteiger partial charge in [0.2, 0.25) is 0 Å². The summed E-state index contributed by atoms with van der Waals surface area (Å²) in [7, 11) is 1.59. The van der Waals surface area contributed by atoms with E-state index in [9.17, 15) is 0 Å². The van der Waals surface area contributed by atoms with Gasteiger partial charge >= 0.3 is 0 Å². The molecule has 0 saturated heterocycles. The topological polar surface area (TPSA) is 60.3 Å². The third-order valence-electron chi connectivity index (χ3n) is 3.57. The highest BCUT2D eigenvalue weighted by molar-refractivity contribution is 5.83. The van der Waals surface area contributed by atoms with Crippen molar-refractivity contribution in [3.8, 4) is 17.2 Å². The summed E-state index contributed by atoms with van der Waals surface area (Å²) < 4.78 is 16.6. The molecular formula is C19H23NO4. The van der Waals surface area contributed by atoms with E-state index in [4.69, 9.17) is 19.4 Å². The van der Waals surface area contributed by atoms with Crippen LogP contribution in [0.5, 0.6) is 17.2 Å². The van der Waals surface area contributed by atoms with Gasteiger partial charge in [-0.25, -0.2) is 0 Å². The number of rotatable bonds is 8. The summed E-state index contributed by atoms with van der Waals surface area (Å²) in [4.78, 5) is 0. The average molecular weight is 329 g/mol. The zero-order valence-electron chi connectivity index (χ0n) is 14.2. The van der Waals surface area contributed by atoms with Crippen LogP contribution in [-0.2, 0) is 0 Å². The third kappa shape index (κ3) is 4.91. The van der Waals surface area contributed by atoms with Gasteiger partial charge in [0.05, 0.1) is 13.3 Å². The molecule has 0 unspecified atom stereocenters. The zero-order chi connectivity index (χ0) is 17.4. The van der Waals surface area contributed by atoms with E-state index in [0.29, 0.717) is 36.2 Å². The minimum absolute atomic E-state index is 0.366. The molecule has 0 atom stereocenters. The van der Waals surface area contributed by atoms with Crippen LogP contribution < -0.4 is 14.2 Å². The molecule has 2 rings (SSSR count). The first-order valence-corrected chi connectivity index (χ1v) is 7.85. The largest absolute Gasteiger partial charge is 0.497 e. The van der Waals surface area contributed by atoms with E-state index in [1.807, 2.05) is 12.1 Å². The maximum Gasteiger partial charge on any atom is 0.132 e. The zero-order valence-corrected chi connectivity index (χ0v) is 14.2. The lowest BCUT2D eigenvalue weighted by Gasteiger charge is -2.12. The molecule has 0 aliphatic heterocycles. The first-order valence-electron chi connectivity index (χ1n) is 7.85. The van der Waals surface area contributed by atoms with Crippen molar-refractivity contribution in [2.75, 3.05) is 20.3 Å². The maximum atomic E-state index is 8.71. The number of oxime groups is 1. The van der Waals surface area contributed by atoms with E-state index < -0.39 is 0 Å². The van der Waals surface area contributed by atoms with Crippen molar-refractivity contribution in [2.45, 2.75) is 19.8 Å². The fourth-order valence-corrected chi connectivity index (χ4v) is 2.20. The van der Waals surface area contributed by atoms with Gasteiger partial charge in [-0.15, -0.1) is 0 Å². The van der Waals surface area contributed by atoms with Crippen LogP contribution in [0.1, 0.15) is 30.9 Å². The molecule has 1 N–H and O–H groups in total. The minimum atomic E-state index is 0.366. The predicted octanol–water partition coefficient (Wildman–Crippen LogP) is 4.08. The Morgan fingerprint density at radius 1 is 1.00 bits per heavy atom. The summed E-state index contributed by atoms with van der Waals surface area (Å²) in [6.07, 6.45) is 1.32. The average Bonchev–Trinajstić information content (AvgIpc) is 2.60. The molecule has 0 amide bonds. The number of hydrogen-bond acceptors (Lipinski definition) is 5. The first kappa shape index (κ1) is 17.7.